The highest BCUT2D eigenvalue weighted by molar-refractivity contribution is 6.32. The summed E-state index contributed by atoms with van der Waals surface area (Å²) in [4.78, 5) is 11.9. The summed E-state index contributed by atoms with van der Waals surface area (Å²) >= 11 is 6.15. The fourth-order valence-electron chi connectivity index (χ4n) is 1.68. The number of amides is 1. The molecule has 0 spiro atoms. The number of hydrogen-bond donors (Lipinski definition) is 2. The van der Waals surface area contributed by atoms with Crippen LogP contribution in [0.4, 0.5) is 0 Å². The maximum Gasteiger partial charge on any atom is 0.261 e. The van der Waals surface area contributed by atoms with Gasteiger partial charge in [0.1, 0.15) is 5.75 Å². The molecule has 0 saturated carbocycles. The summed E-state index contributed by atoms with van der Waals surface area (Å²) < 4.78 is 5.61. The number of nitrogens with one attached hydrogen (secondary N) is 1. The molecule has 112 valence electrons. The predicted octanol–water partition coefficient (Wildman–Crippen LogP) is 2.52. The Labute approximate surface area is 125 Å². The van der Waals surface area contributed by atoms with Gasteiger partial charge < -0.3 is 15.8 Å². The predicted molar refractivity (Wildman–Crippen MR) is 82.2 cm³/mol. The lowest BCUT2D eigenvalue weighted by Crippen LogP contribution is -2.46. The minimum atomic E-state index is -0.605. The molecular weight excluding hydrogens is 276 g/mol. The van der Waals surface area contributed by atoms with Gasteiger partial charge in [0.15, 0.2) is 6.10 Å². The van der Waals surface area contributed by atoms with E-state index in [0.717, 1.165) is 12.0 Å². The number of carbonyl (C=O) groups is 1. The third-order valence-electron chi connectivity index (χ3n) is 2.60. The van der Waals surface area contributed by atoms with E-state index < -0.39 is 6.10 Å². The highest BCUT2D eigenvalue weighted by Crippen LogP contribution is 2.26. The van der Waals surface area contributed by atoms with E-state index in [9.17, 15) is 4.79 Å². The van der Waals surface area contributed by atoms with Crippen LogP contribution in [0.15, 0.2) is 18.2 Å². The Morgan fingerprint density at radius 3 is 2.60 bits per heavy atom. The molecule has 3 N–H and O–H groups in total. The van der Waals surface area contributed by atoms with Crippen molar-refractivity contribution in [3.05, 3.63) is 28.8 Å². The first-order valence-electron chi connectivity index (χ1n) is 6.70. The molecule has 1 atom stereocenters. The summed E-state index contributed by atoms with van der Waals surface area (Å²) in [6, 6.07) is 5.49. The Kier molecular flexibility index (Phi) is 5.84. The summed E-state index contributed by atoms with van der Waals surface area (Å²) in [7, 11) is 0. The van der Waals surface area contributed by atoms with Crippen LogP contribution in [0.25, 0.3) is 0 Å². The minimum absolute atomic E-state index is 0.167. The molecule has 0 aromatic heterocycles. The minimum Gasteiger partial charge on any atom is -0.479 e. The molecule has 1 aromatic rings. The van der Waals surface area contributed by atoms with Gasteiger partial charge in [-0.05, 0) is 58.4 Å². The molecular formula is C15H23ClN2O2. The molecule has 0 aliphatic carbocycles. The first kappa shape index (κ1) is 16.8. The van der Waals surface area contributed by atoms with E-state index in [1.807, 2.05) is 32.9 Å². The lowest BCUT2D eigenvalue weighted by molar-refractivity contribution is -0.128. The molecule has 20 heavy (non-hydrogen) atoms. The normalized spacial score (nSPS) is 12.9. The fourth-order valence-corrected chi connectivity index (χ4v) is 1.92. The van der Waals surface area contributed by atoms with Crippen molar-refractivity contribution in [3.8, 4) is 5.75 Å². The fraction of sp³-hybridized carbons (Fsp3) is 0.533. The van der Waals surface area contributed by atoms with Gasteiger partial charge in [-0.1, -0.05) is 17.7 Å². The zero-order valence-corrected chi connectivity index (χ0v) is 13.3. The number of benzene rings is 1. The number of ether oxygens (including phenoxy) is 1. The van der Waals surface area contributed by atoms with Crippen LogP contribution < -0.4 is 15.8 Å². The van der Waals surface area contributed by atoms with Crippen molar-refractivity contribution in [2.45, 2.75) is 45.8 Å². The van der Waals surface area contributed by atoms with Crippen molar-refractivity contribution < 1.29 is 9.53 Å². The molecule has 1 aromatic carbocycles. The second-order valence-electron chi connectivity index (χ2n) is 5.80. The Balaban J connectivity index is 2.70. The summed E-state index contributed by atoms with van der Waals surface area (Å²) in [6.45, 7) is 8.04. The van der Waals surface area contributed by atoms with Crippen molar-refractivity contribution in [1.29, 1.82) is 0 Å². The van der Waals surface area contributed by atoms with Crippen LogP contribution >= 0.6 is 11.6 Å². The molecule has 4 nitrogen and oxygen atoms in total. The summed E-state index contributed by atoms with van der Waals surface area (Å²) in [5.74, 6) is 0.337. The van der Waals surface area contributed by atoms with Crippen LogP contribution in [-0.2, 0) is 11.2 Å². The van der Waals surface area contributed by atoms with Crippen LogP contribution in [0.2, 0.25) is 5.02 Å². The molecule has 0 aliphatic heterocycles. The van der Waals surface area contributed by atoms with Crippen LogP contribution in [0, 0.1) is 0 Å². The first-order valence-corrected chi connectivity index (χ1v) is 7.08. The molecule has 0 saturated heterocycles. The van der Waals surface area contributed by atoms with Gasteiger partial charge in [-0.3, -0.25) is 4.79 Å². The molecule has 1 rings (SSSR count). The van der Waals surface area contributed by atoms with Gasteiger partial charge in [-0.25, -0.2) is 0 Å². The third kappa shape index (κ3) is 5.39. The van der Waals surface area contributed by atoms with E-state index in [1.165, 1.54) is 0 Å². The highest BCUT2D eigenvalue weighted by atomic mass is 35.5. The average molecular weight is 299 g/mol. The topological polar surface area (TPSA) is 64.3 Å². The van der Waals surface area contributed by atoms with Crippen molar-refractivity contribution in [3.63, 3.8) is 0 Å². The molecule has 0 bridgehead atoms. The highest BCUT2D eigenvalue weighted by Gasteiger charge is 2.21. The van der Waals surface area contributed by atoms with Crippen molar-refractivity contribution in [2.24, 2.45) is 5.73 Å². The number of nitrogens with two attached hydrogens (primary N) is 1. The number of hydrogen-bond acceptors (Lipinski definition) is 3. The molecule has 0 aliphatic rings. The SMILES string of the molecule is CC(Oc1ccc(CCN)cc1Cl)C(=O)NC(C)(C)C. The van der Waals surface area contributed by atoms with Gasteiger partial charge >= 0.3 is 0 Å². The standard InChI is InChI=1S/C15H23ClN2O2/c1-10(14(19)18-15(2,3)4)20-13-6-5-11(7-8-17)9-12(13)16/h5-6,9-10H,7-8,17H2,1-4H3,(H,18,19). The summed E-state index contributed by atoms with van der Waals surface area (Å²) in [5.41, 5.74) is 6.26. The van der Waals surface area contributed by atoms with E-state index in [1.54, 1.807) is 13.0 Å². The average Bonchev–Trinajstić information content (AvgIpc) is 2.30. The van der Waals surface area contributed by atoms with Gasteiger partial charge in [0.2, 0.25) is 0 Å². The maximum atomic E-state index is 11.9. The Bertz CT molecular complexity index is 469. The lowest BCUT2D eigenvalue weighted by Gasteiger charge is -2.24. The second-order valence-corrected chi connectivity index (χ2v) is 6.21. The van der Waals surface area contributed by atoms with E-state index in [0.29, 0.717) is 17.3 Å². The Morgan fingerprint density at radius 2 is 2.10 bits per heavy atom. The number of carbonyl (C=O) groups excluding carboxylic acids is 1. The number of halogens is 1. The van der Waals surface area contributed by atoms with E-state index in [2.05, 4.69) is 5.32 Å². The molecule has 0 fully saturated rings. The quantitative estimate of drug-likeness (QED) is 0.878. The van der Waals surface area contributed by atoms with Gasteiger partial charge in [0.05, 0.1) is 5.02 Å². The van der Waals surface area contributed by atoms with Crippen molar-refractivity contribution in [2.75, 3.05) is 6.54 Å². The van der Waals surface area contributed by atoms with Crippen molar-refractivity contribution >= 4 is 17.5 Å². The Morgan fingerprint density at radius 1 is 1.45 bits per heavy atom. The van der Waals surface area contributed by atoms with Gasteiger partial charge in [0, 0.05) is 5.54 Å². The summed E-state index contributed by atoms with van der Waals surface area (Å²) in [5, 5.41) is 3.36. The van der Waals surface area contributed by atoms with E-state index in [4.69, 9.17) is 22.1 Å². The monoisotopic (exact) mass is 298 g/mol. The Hall–Kier alpha value is -1.26. The van der Waals surface area contributed by atoms with E-state index in [-0.39, 0.29) is 11.4 Å². The maximum absolute atomic E-state index is 11.9. The zero-order valence-electron chi connectivity index (χ0n) is 12.5. The summed E-state index contributed by atoms with van der Waals surface area (Å²) in [6.07, 6.45) is 0.159. The third-order valence-corrected chi connectivity index (χ3v) is 2.90. The first-order chi connectivity index (χ1) is 9.23. The second kappa shape index (κ2) is 6.95. The van der Waals surface area contributed by atoms with Crippen LogP contribution in [0.3, 0.4) is 0 Å². The van der Waals surface area contributed by atoms with Crippen LogP contribution in [-0.4, -0.2) is 24.1 Å². The van der Waals surface area contributed by atoms with Gasteiger partial charge in [-0.2, -0.15) is 0 Å². The number of rotatable bonds is 5. The van der Waals surface area contributed by atoms with Gasteiger partial charge in [-0.15, -0.1) is 0 Å². The molecule has 1 amide bonds. The molecule has 5 heteroatoms. The smallest absolute Gasteiger partial charge is 0.261 e. The lowest BCUT2D eigenvalue weighted by atomic mass is 10.1. The van der Waals surface area contributed by atoms with Crippen LogP contribution in [0.5, 0.6) is 5.75 Å². The van der Waals surface area contributed by atoms with Crippen LogP contribution in [0.1, 0.15) is 33.3 Å². The molecule has 1 unspecified atom stereocenters. The largest absolute Gasteiger partial charge is 0.479 e. The van der Waals surface area contributed by atoms with Gasteiger partial charge in [0.25, 0.3) is 5.91 Å². The zero-order chi connectivity index (χ0) is 15.3. The molecule has 0 radical (unpaired) electrons. The molecule has 0 heterocycles. The van der Waals surface area contributed by atoms with E-state index >= 15 is 0 Å². The van der Waals surface area contributed by atoms with Crippen molar-refractivity contribution in [1.82, 2.24) is 5.32 Å².